The number of halogens is 1. The average molecular weight is 339 g/mol. The van der Waals surface area contributed by atoms with Gasteiger partial charge in [-0.1, -0.05) is 18.2 Å². The number of nitrogens with one attached hydrogen (secondary N) is 1. The fraction of sp³-hybridized carbons (Fsp3) is 0.0769. The largest absolute Gasteiger partial charge is 0.271 e. The van der Waals surface area contributed by atoms with Crippen LogP contribution in [0.3, 0.4) is 0 Å². The molecule has 0 saturated carbocycles. The molecule has 0 aliphatic rings. The molecule has 92 valence electrons. The molecule has 3 rings (SSSR count). The Labute approximate surface area is 122 Å². The highest BCUT2D eigenvalue weighted by Gasteiger charge is 2.19. The van der Waals surface area contributed by atoms with Crippen LogP contribution in [0.2, 0.25) is 0 Å². The molecule has 0 amide bonds. The highest BCUT2D eigenvalue weighted by atomic mass is 79.9. The predicted octanol–water partition coefficient (Wildman–Crippen LogP) is 4.28. The summed E-state index contributed by atoms with van der Waals surface area (Å²) in [5.74, 6) is 5.77. The molecule has 0 fully saturated rings. The summed E-state index contributed by atoms with van der Waals surface area (Å²) < 4.78 is 2.39. The maximum atomic E-state index is 5.77. The average Bonchev–Trinajstić information content (AvgIpc) is 3.00. The van der Waals surface area contributed by atoms with E-state index in [0.717, 1.165) is 4.47 Å². The van der Waals surface area contributed by atoms with Crippen molar-refractivity contribution in [3.05, 3.63) is 56.0 Å². The molecule has 5 heteroatoms. The second-order valence-electron chi connectivity index (χ2n) is 3.92. The SMILES string of the molecule is NNC(c1sccc1Br)c1cccc2ccsc12. The van der Waals surface area contributed by atoms with Crippen molar-refractivity contribution in [2.75, 3.05) is 0 Å². The van der Waals surface area contributed by atoms with Gasteiger partial charge in [-0.25, -0.2) is 5.43 Å². The first-order valence-corrected chi connectivity index (χ1v) is 8.01. The summed E-state index contributed by atoms with van der Waals surface area (Å²) >= 11 is 7.04. The van der Waals surface area contributed by atoms with Crippen LogP contribution in [-0.4, -0.2) is 0 Å². The molecule has 0 aliphatic carbocycles. The van der Waals surface area contributed by atoms with Crippen LogP contribution in [-0.2, 0) is 0 Å². The normalized spacial score (nSPS) is 13.0. The van der Waals surface area contributed by atoms with E-state index in [4.69, 9.17) is 5.84 Å². The molecule has 3 N–H and O–H groups in total. The number of thiophene rings is 2. The number of hydrogen-bond donors (Lipinski definition) is 2. The Kier molecular flexibility index (Phi) is 3.50. The number of benzene rings is 1. The van der Waals surface area contributed by atoms with Crippen LogP contribution >= 0.6 is 38.6 Å². The zero-order valence-corrected chi connectivity index (χ0v) is 12.6. The van der Waals surface area contributed by atoms with Crippen LogP contribution in [0, 0.1) is 0 Å². The van der Waals surface area contributed by atoms with Crippen molar-refractivity contribution in [2.45, 2.75) is 6.04 Å². The first-order valence-electron chi connectivity index (χ1n) is 5.46. The van der Waals surface area contributed by atoms with Crippen LogP contribution in [0.15, 0.2) is 45.6 Å². The van der Waals surface area contributed by atoms with Gasteiger partial charge in [-0.2, -0.15) is 0 Å². The van der Waals surface area contributed by atoms with Crippen molar-refractivity contribution in [3.8, 4) is 0 Å². The monoisotopic (exact) mass is 338 g/mol. The van der Waals surface area contributed by atoms with E-state index >= 15 is 0 Å². The van der Waals surface area contributed by atoms with Gasteiger partial charge >= 0.3 is 0 Å². The van der Waals surface area contributed by atoms with Crippen molar-refractivity contribution in [1.29, 1.82) is 0 Å². The third kappa shape index (κ3) is 2.02. The minimum Gasteiger partial charge on any atom is -0.271 e. The first kappa shape index (κ1) is 12.3. The van der Waals surface area contributed by atoms with Gasteiger partial charge in [-0.05, 0) is 49.8 Å². The molecule has 2 heterocycles. The molecule has 1 aromatic carbocycles. The fourth-order valence-corrected chi connectivity index (χ4v) is 4.69. The summed E-state index contributed by atoms with van der Waals surface area (Å²) in [7, 11) is 0. The lowest BCUT2D eigenvalue weighted by molar-refractivity contribution is 0.649. The first-order chi connectivity index (χ1) is 8.81. The molecule has 1 atom stereocenters. The number of fused-ring (bicyclic) bond motifs is 1. The maximum Gasteiger partial charge on any atom is 0.0827 e. The van der Waals surface area contributed by atoms with Gasteiger partial charge in [0.15, 0.2) is 0 Å². The Hall–Kier alpha value is -0.720. The lowest BCUT2D eigenvalue weighted by Crippen LogP contribution is -2.28. The minimum absolute atomic E-state index is 0.0294. The van der Waals surface area contributed by atoms with E-state index in [0.29, 0.717) is 0 Å². The third-order valence-electron chi connectivity index (χ3n) is 2.89. The predicted molar refractivity (Wildman–Crippen MR) is 83.0 cm³/mol. The van der Waals surface area contributed by atoms with E-state index in [9.17, 15) is 0 Å². The fourth-order valence-electron chi connectivity index (χ4n) is 2.06. The van der Waals surface area contributed by atoms with Crippen LogP contribution in [0.25, 0.3) is 10.1 Å². The van der Waals surface area contributed by atoms with Gasteiger partial charge < -0.3 is 0 Å². The molecule has 0 radical (unpaired) electrons. The molecule has 0 bridgehead atoms. The number of hydrazine groups is 1. The van der Waals surface area contributed by atoms with E-state index in [2.05, 4.69) is 62.4 Å². The van der Waals surface area contributed by atoms with Crippen molar-refractivity contribution in [3.63, 3.8) is 0 Å². The van der Waals surface area contributed by atoms with Gasteiger partial charge in [-0.3, -0.25) is 5.84 Å². The standard InChI is InChI=1S/C13H11BrN2S2/c14-10-5-7-18-13(10)11(16-15)9-3-1-2-8-4-6-17-12(8)9/h1-7,11,16H,15H2. The molecular weight excluding hydrogens is 328 g/mol. The Balaban J connectivity index is 2.17. The Morgan fingerprint density at radius 3 is 2.67 bits per heavy atom. The van der Waals surface area contributed by atoms with Crippen molar-refractivity contribution in [1.82, 2.24) is 5.43 Å². The van der Waals surface area contributed by atoms with Gasteiger partial charge in [-0.15, -0.1) is 22.7 Å². The number of nitrogens with two attached hydrogens (primary N) is 1. The third-order valence-corrected chi connectivity index (χ3v) is 5.81. The number of rotatable bonds is 3. The van der Waals surface area contributed by atoms with Crippen LogP contribution < -0.4 is 11.3 Å². The molecule has 18 heavy (non-hydrogen) atoms. The molecule has 2 aromatic heterocycles. The number of hydrogen-bond acceptors (Lipinski definition) is 4. The molecule has 1 unspecified atom stereocenters. The molecule has 0 saturated heterocycles. The van der Waals surface area contributed by atoms with E-state index in [1.54, 1.807) is 22.7 Å². The minimum atomic E-state index is 0.0294. The highest BCUT2D eigenvalue weighted by Crippen LogP contribution is 2.37. The molecule has 0 aliphatic heterocycles. The van der Waals surface area contributed by atoms with E-state index < -0.39 is 0 Å². The zero-order valence-electron chi connectivity index (χ0n) is 9.39. The molecule has 2 nitrogen and oxygen atoms in total. The topological polar surface area (TPSA) is 38.0 Å². The molecular formula is C13H11BrN2S2. The summed E-state index contributed by atoms with van der Waals surface area (Å²) in [6, 6.07) is 10.6. The lowest BCUT2D eigenvalue weighted by Gasteiger charge is -2.16. The molecule has 0 spiro atoms. The van der Waals surface area contributed by atoms with E-state index in [1.165, 1.54) is 20.5 Å². The summed E-state index contributed by atoms with van der Waals surface area (Å²) in [5, 5.41) is 5.45. The van der Waals surface area contributed by atoms with Crippen molar-refractivity contribution in [2.24, 2.45) is 5.84 Å². The summed E-state index contributed by atoms with van der Waals surface area (Å²) in [6.45, 7) is 0. The second kappa shape index (κ2) is 5.11. The van der Waals surface area contributed by atoms with Gasteiger partial charge in [0.1, 0.15) is 0 Å². The van der Waals surface area contributed by atoms with Crippen LogP contribution in [0.1, 0.15) is 16.5 Å². The van der Waals surface area contributed by atoms with E-state index in [-0.39, 0.29) is 6.04 Å². The Morgan fingerprint density at radius 2 is 1.94 bits per heavy atom. The van der Waals surface area contributed by atoms with Gasteiger partial charge in [0.2, 0.25) is 0 Å². The zero-order chi connectivity index (χ0) is 12.5. The maximum absolute atomic E-state index is 5.77. The van der Waals surface area contributed by atoms with E-state index in [1.807, 2.05) is 0 Å². The van der Waals surface area contributed by atoms with Crippen LogP contribution in [0.5, 0.6) is 0 Å². The van der Waals surface area contributed by atoms with Gasteiger partial charge in [0.05, 0.1) is 6.04 Å². The quantitative estimate of drug-likeness (QED) is 0.552. The second-order valence-corrected chi connectivity index (χ2v) is 6.64. The lowest BCUT2D eigenvalue weighted by atomic mass is 10.0. The van der Waals surface area contributed by atoms with Crippen molar-refractivity contribution < 1.29 is 0 Å². The summed E-state index contributed by atoms with van der Waals surface area (Å²) in [5.41, 5.74) is 4.16. The molecule has 3 aromatic rings. The summed E-state index contributed by atoms with van der Waals surface area (Å²) in [6.07, 6.45) is 0. The summed E-state index contributed by atoms with van der Waals surface area (Å²) in [4.78, 5) is 1.21. The van der Waals surface area contributed by atoms with Gasteiger partial charge in [0, 0.05) is 14.0 Å². The van der Waals surface area contributed by atoms with Gasteiger partial charge in [0.25, 0.3) is 0 Å². The Morgan fingerprint density at radius 1 is 1.11 bits per heavy atom. The van der Waals surface area contributed by atoms with Crippen molar-refractivity contribution >= 4 is 48.7 Å². The Bertz CT molecular complexity index is 674. The smallest absolute Gasteiger partial charge is 0.0827 e. The van der Waals surface area contributed by atoms with Crippen LogP contribution in [0.4, 0.5) is 0 Å². The highest BCUT2D eigenvalue weighted by molar-refractivity contribution is 9.10.